The Labute approximate surface area is 122 Å². The molecular formula is C14H18N2O5. The second-order valence-electron chi connectivity index (χ2n) is 4.66. The number of allylic oxidation sites excluding steroid dienone is 2. The fraction of sp³-hybridized carbons (Fsp3) is 0.357. The van der Waals surface area contributed by atoms with Crippen LogP contribution >= 0.6 is 0 Å². The summed E-state index contributed by atoms with van der Waals surface area (Å²) in [5, 5.41) is 32.9. The van der Waals surface area contributed by atoms with Gasteiger partial charge in [-0.25, -0.2) is 0 Å². The van der Waals surface area contributed by atoms with E-state index in [0.29, 0.717) is 11.3 Å². The van der Waals surface area contributed by atoms with Crippen LogP contribution < -0.4 is 5.32 Å². The Kier molecular flexibility index (Phi) is 6.01. The molecule has 2 unspecified atom stereocenters. The van der Waals surface area contributed by atoms with Gasteiger partial charge in [-0.1, -0.05) is 0 Å². The molecule has 3 N–H and O–H groups in total. The number of non-ortho nitro benzene ring substituents is 1. The van der Waals surface area contributed by atoms with E-state index < -0.39 is 17.1 Å². The van der Waals surface area contributed by atoms with Crippen LogP contribution in [0, 0.1) is 10.1 Å². The van der Waals surface area contributed by atoms with Crippen LogP contribution in [0.25, 0.3) is 0 Å². The van der Waals surface area contributed by atoms with Crippen molar-refractivity contribution in [2.24, 2.45) is 0 Å². The van der Waals surface area contributed by atoms with Gasteiger partial charge >= 0.3 is 0 Å². The first-order valence-corrected chi connectivity index (χ1v) is 6.33. The molecule has 7 nitrogen and oxygen atoms in total. The monoisotopic (exact) mass is 294 g/mol. The maximum Gasteiger partial charge on any atom is 0.269 e. The van der Waals surface area contributed by atoms with Gasteiger partial charge in [0.05, 0.1) is 17.6 Å². The molecule has 114 valence electrons. The first-order valence-electron chi connectivity index (χ1n) is 6.33. The van der Waals surface area contributed by atoms with Crippen molar-refractivity contribution in [3.05, 3.63) is 51.7 Å². The molecule has 0 radical (unpaired) electrons. The van der Waals surface area contributed by atoms with Crippen molar-refractivity contribution >= 4 is 11.5 Å². The summed E-state index contributed by atoms with van der Waals surface area (Å²) >= 11 is 0. The second kappa shape index (κ2) is 7.51. The molecule has 0 fully saturated rings. The van der Waals surface area contributed by atoms with Crippen molar-refractivity contribution in [1.29, 1.82) is 0 Å². The molecule has 0 heterocycles. The van der Waals surface area contributed by atoms with Gasteiger partial charge in [-0.2, -0.15) is 0 Å². The summed E-state index contributed by atoms with van der Waals surface area (Å²) in [6.07, 6.45) is 0.289. The molecule has 0 aliphatic rings. The van der Waals surface area contributed by atoms with Crippen molar-refractivity contribution in [3.8, 4) is 0 Å². The minimum Gasteiger partial charge on any atom is -0.394 e. The minimum absolute atomic E-state index is 0.0767. The number of rotatable bonds is 7. The van der Waals surface area contributed by atoms with E-state index in [1.54, 1.807) is 6.92 Å². The molecule has 1 rings (SSSR count). The molecule has 0 amide bonds. The van der Waals surface area contributed by atoms with Crippen LogP contribution in [-0.2, 0) is 4.79 Å². The largest absolute Gasteiger partial charge is 0.394 e. The molecule has 0 saturated carbocycles. The fourth-order valence-corrected chi connectivity index (χ4v) is 1.89. The van der Waals surface area contributed by atoms with E-state index in [0.717, 1.165) is 0 Å². The highest BCUT2D eigenvalue weighted by Crippen LogP contribution is 2.20. The Morgan fingerprint density at radius 2 is 1.95 bits per heavy atom. The number of carbonyl (C=O) groups excluding carboxylic acids is 1. The number of ketones is 1. The highest BCUT2D eigenvalue weighted by atomic mass is 16.6. The van der Waals surface area contributed by atoms with Crippen LogP contribution in [0.2, 0.25) is 0 Å². The van der Waals surface area contributed by atoms with Gasteiger partial charge in [-0.3, -0.25) is 14.9 Å². The second-order valence-corrected chi connectivity index (χ2v) is 4.66. The van der Waals surface area contributed by atoms with Gasteiger partial charge in [-0.15, -0.1) is 0 Å². The van der Waals surface area contributed by atoms with Crippen LogP contribution in [0.4, 0.5) is 5.69 Å². The molecule has 1 aromatic rings. The van der Waals surface area contributed by atoms with Gasteiger partial charge in [0.1, 0.15) is 6.10 Å². The number of nitro benzene ring substituents is 1. The fourth-order valence-electron chi connectivity index (χ4n) is 1.89. The molecule has 0 aliphatic heterocycles. The molecular weight excluding hydrogens is 276 g/mol. The minimum atomic E-state index is -1.06. The van der Waals surface area contributed by atoms with Crippen molar-refractivity contribution < 1.29 is 19.9 Å². The molecule has 2 atom stereocenters. The van der Waals surface area contributed by atoms with Crippen molar-refractivity contribution in [3.63, 3.8) is 0 Å². The molecule has 0 bridgehead atoms. The molecule has 0 spiro atoms. The highest BCUT2D eigenvalue weighted by Gasteiger charge is 2.21. The molecule has 0 aliphatic carbocycles. The van der Waals surface area contributed by atoms with E-state index in [2.05, 4.69) is 5.32 Å². The lowest BCUT2D eigenvalue weighted by atomic mass is 10.0. The molecule has 1 aromatic carbocycles. The van der Waals surface area contributed by atoms with E-state index in [1.807, 2.05) is 0 Å². The van der Waals surface area contributed by atoms with E-state index in [9.17, 15) is 25.1 Å². The SMILES string of the molecule is CC(=O)/C=C(/C)NC(CO)C(O)c1ccc([N+](=O)[O-])cc1. The Hall–Kier alpha value is -2.25. The topological polar surface area (TPSA) is 113 Å². The lowest BCUT2D eigenvalue weighted by molar-refractivity contribution is -0.384. The Balaban J connectivity index is 2.85. The smallest absolute Gasteiger partial charge is 0.269 e. The summed E-state index contributed by atoms with van der Waals surface area (Å²) in [5.74, 6) is -0.151. The van der Waals surface area contributed by atoms with Crippen LogP contribution in [0.15, 0.2) is 36.0 Å². The van der Waals surface area contributed by atoms with E-state index >= 15 is 0 Å². The quantitative estimate of drug-likeness (QED) is 0.394. The summed E-state index contributed by atoms with van der Waals surface area (Å²) in [4.78, 5) is 21.0. The Morgan fingerprint density at radius 1 is 1.38 bits per heavy atom. The number of nitro groups is 1. The van der Waals surface area contributed by atoms with Crippen LogP contribution in [0.5, 0.6) is 0 Å². The molecule has 7 heteroatoms. The van der Waals surface area contributed by atoms with Crippen molar-refractivity contribution in [1.82, 2.24) is 5.32 Å². The standard InChI is InChI=1S/C14H18N2O5/c1-9(7-10(2)18)15-13(8-17)14(19)11-3-5-12(6-4-11)16(20)21/h3-7,13-15,17,19H,8H2,1-2H3/b9-7-. The number of hydrogen-bond donors (Lipinski definition) is 3. The van der Waals surface area contributed by atoms with Gasteiger partial charge in [0.2, 0.25) is 0 Å². The van der Waals surface area contributed by atoms with Gasteiger partial charge < -0.3 is 15.5 Å². The molecule has 0 saturated heterocycles. The lowest BCUT2D eigenvalue weighted by Gasteiger charge is -2.23. The number of carbonyl (C=O) groups is 1. The average Bonchev–Trinajstić information content (AvgIpc) is 2.43. The first kappa shape index (κ1) is 16.8. The third kappa shape index (κ3) is 4.97. The predicted octanol–water partition coefficient (Wildman–Crippen LogP) is 1.07. The van der Waals surface area contributed by atoms with Gasteiger partial charge in [0.25, 0.3) is 5.69 Å². The maximum atomic E-state index is 11.0. The summed E-state index contributed by atoms with van der Waals surface area (Å²) in [7, 11) is 0. The zero-order valence-corrected chi connectivity index (χ0v) is 11.8. The summed E-state index contributed by atoms with van der Waals surface area (Å²) in [6.45, 7) is 2.68. The Morgan fingerprint density at radius 3 is 2.38 bits per heavy atom. The predicted molar refractivity (Wildman–Crippen MR) is 76.5 cm³/mol. The van der Waals surface area contributed by atoms with E-state index in [-0.39, 0.29) is 18.1 Å². The zero-order chi connectivity index (χ0) is 16.0. The zero-order valence-electron chi connectivity index (χ0n) is 11.8. The van der Waals surface area contributed by atoms with Crippen LogP contribution in [-0.4, -0.2) is 33.6 Å². The number of benzene rings is 1. The van der Waals surface area contributed by atoms with E-state index in [1.165, 1.54) is 37.3 Å². The number of aliphatic hydroxyl groups is 2. The first-order chi connectivity index (χ1) is 9.85. The highest BCUT2D eigenvalue weighted by molar-refractivity contribution is 5.87. The number of nitrogens with zero attached hydrogens (tertiary/aromatic N) is 1. The number of aliphatic hydroxyl groups excluding tert-OH is 2. The number of nitrogens with one attached hydrogen (secondary N) is 1. The molecule has 21 heavy (non-hydrogen) atoms. The number of hydrogen-bond acceptors (Lipinski definition) is 6. The summed E-state index contributed by atoms with van der Waals surface area (Å²) in [5.41, 5.74) is 0.873. The molecule has 0 aromatic heterocycles. The van der Waals surface area contributed by atoms with Crippen LogP contribution in [0.3, 0.4) is 0 Å². The Bertz CT molecular complexity index is 539. The van der Waals surface area contributed by atoms with E-state index in [4.69, 9.17) is 0 Å². The van der Waals surface area contributed by atoms with Crippen molar-refractivity contribution in [2.75, 3.05) is 6.61 Å². The average molecular weight is 294 g/mol. The maximum absolute atomic E-state index is 11.0. The summed E-state index contributed by atoms with van der Waals surface area (Å²) in [6, 6.07) is 4.70. The van der Waals surface area contributed by atoms with Gasteiger partial charge in [0, 0.05) is 17.8 Å². The third-order valence-electron chi connectivity index (χ3n) is 2.86. The van der Waals surface area contributed by atoms with Gasteiger partial charge in [0.15, 0.2) is 5.78 Å². The third-order valence-corrected chi connectivity index (χ3v) is 2.86. The van der Waals surface area contributed by atoms with Gasteiger partial charge in [-0.05, 0) is 37.6 Å². The van der Waals surface area contributed by atoms with Crippen LogP contribution in [0.1, 0.15) is 25.5 Å². The van der Waals surface area contributed by atoms with Crippen molar-refractivity contribution in [2.45, 2.75) is 26.0 Å². The summed E-state index contributed by atoms with van der Waals surface area (Å²) < 4.78 is 0. The normalized spacial score (nSPS) is 14.4. The lowest BCUT2D eigenvalue weighted by Crippen LogP contribution is -2.37.